The first-order chi connectivity index (χ1) is 27.0. The van der Waals surface area contributed by atoms with Crippen LogP contribution in [-0.2, 0) is 37.2 Å². The predicted molar refractivity (Wildman–Crippen MR) is 229 cm³/mol. The quantitative estimate of drug-likeness (QED) is 0.0256. The Balaban J connectivity index is 4.78. The molecule has 10 nitrogen and oxygen atoms in total. The molecule has 0 spiro atoms. The summed E-state index contributed by atoms with van der Waals surface area (Å²) in [7, 11) is 2.25. The van der Waals surface area contributed by atoms with Crippen LogP contribution in [0, 0.1) is 11.3 Å². The smallest absolute Gasteiger partial charge is 0.462 e. The van der Waals surface area contributed by atoms with Crippen LogP contribution in [0.2, 0.25) is 0 Å². The molecule has 0 saturated heterocycles. The van der Waals surface area contributed by atoms with Gasteiger partial charge in [0.05, 0.1) is 60.0 Å². The normalized spacial score (nSPS) is 13.3. The lowest BCUT2D eigenvalue weighted by Gasteiger charge is -2.24. The van der Waals surface area contributed by atoms with Gasteiger partial charge in [-0.25, -0.2) is 4.57 Å². The Morgan fingerprint density at radius 3 is 1.38 bits per heavy atom. The molecule has 0 bridgehead atoms. The molecule has 0 radical (unpaired) electrons. The van der Waals surface area contributed by atoms with Crippen LogP contribution >= 0.6 is 7.82 Å². The Morgan fingerprint density at radius 2 is 0.946 bits per heavy atom. The van der Waals surface area contributed by atoms with Crippen LogP contribution in [0.4, 0.5) is 0 Å². The molecule has 0 aromatic heterocycles. The van der Waals surface area contributed by atoms with Crippen molar-refractivity contribution in [3.63, 3.8) is 0 Å². The molecule has 0 aromatic carbocycles. The van der Waals surface area contributed by atoms with Crippen LogP contribution in [0.5, 0.6) is 0 Å². The summed E-state index contributed by atoms with van der Waals surface area (Å²) in [4.78, 5) is 25.5. The lowest BCUT2D eigenvalue weighted by molar-refractivity contribution is -0.870. The summed E-state index contributed by atoms with van der Waals surface area (Å²) in [5.74, 6) is -0.761. The van der Waals surface area contributed by atoms with Gasteiger partial charge in [-0.3, -0.25) is 23.2 Å². The Labute approximate surface area is 345 Å². The molecule has 11 heteroatoms. The minimum Gasteiger partial charge on any atom is -0.462 e. The molecule has 0 aliphatic heterocycles. The third-order valence-corrected chi connectivity index (χ3v) is 11.5. The second kappa shape index (κ2) is 39.0. The number of carbonyl (C=O) groups is 2. The maximum Gasteiger partial charge on any atom is 0.474 e. The Hall–Kier alpha value is -1.50. The Bertz CT molecular complexity index is 1000. The van der Waals surface area contributed by atoms with Crippen LogP contribution in [0.25, 0.3) is 0 Å². The third-order valence-electron chi connectivity index (χ3n) is 10.1. The number of ether oxygens (including phenoxy) is 2. The zero-order chi connectivity index (χ0) is 41.4. The minimum atomic E-state index is -4.06. The largest absolute Gasteiger partial charge is 0.474 e. The van der Waals surface area contributed by atoms with E-state index in [2.05, 4.69) is 35.0 Å². The number of hydrogen-bond acceptors (Lipinski definition) is 9. The molecule has 0 saturated carbocycles. The molecule has 0 aliphatic rings. The zero-order valence-electron chi connectivity index (χ0n) is 37.1. The van der Waals surface area contributed by atoms with Crippen molar-refractivity contribution in [3.8, 4) is 6.07 Å². The number of hydrogen-bond donors (Lipinski definition) is 0. The first-order valence-electron chi connectivity index (χ1n) is 23.1. The molecule has 2 atom stereocenters. The van der Waals surface area contributed by atoms with Gasteiger partial charge in [-0.15, -0.1) is 0 Å². The van der Waals surface area contributed by atoms with E-state index in [1.807, 2.05) is 6.07 Å². The van der Waals surface area contributed by atoms with E-state index in [0.29, 0.717) is 12.8 Å². The molecule has 0 rings (SSSR count). The number of esters is 2. The second-order valence-corrected chi connectivity index (χ2v) is 18.5. The highest BCUT2D eigenvalue weighted by Gasteiger charge is 2.30. The molecule has 2 unspecified atom stereocenters. The van der Waals surface area contributed by atoms with Crippen molar-refractivity contribution >= 4 is 19.8 Å². The summed E-state index contributed by atoms with van der Waals surface area (Å²) in [5.41, 5.74) is 0. The molecule has 56 heavy (non-hydrogen) atoms. The van der Waals surface area contributed by atoms with E-state index in [-0.39, 0.29) is 45.2 Å². The van der Waals surface area contributed by atoms with Gasteiger partial charge in [-0.2, -0.15) is 5.26 Å². The van der Waals surface area contributed by atoms with Crippen molar-refractivity contribution in [3.05, 3.63) is 0 Å². The number of carbonyl (C=O) groups excluding carboxylic acids is 2. The third kappa shape index (κ3) is 39.3. The van der Waals surface area contributed by atoms with Crippen molar-refractivity contribution in [2.75, 3.05) is 54.1 Å². The van der Waals surface area contributed by atoms with Crippen LogP contribution in [0.1, 0.15) is 213 Å². The van der Waals surface area contributed by atoms with Gasteiger partial charge in [0.25, 0.3) is 0 Å². The van der Waals surface area contributed by atoms with Gasteiger partial charge < -0.3 is 14.0 Å². The van der Waals surface area contributed by atoms with Gasteiger partial charge in [0.15, 0.2) is 6.10 Å². The average molecular weight is 816 g/mol. The molecule has 0 N–H and O–H groups in total. The van der Waals surface area contributed by atoms with Crippen LogP contribution in [0.3, 0.4) is 0 Å². The van der Waals surface area contributed by atoms with Crippen molar-refractivity contribution in [2.45, 2.75) is 219 Å². The lowest BCUT2D eigenvalue weighted by Crippen LogP contribution is -2.35. The van der Waals surface area contributed by atoms with Crippen LogP contribution in [-0.4, -0.2) is 76.6 Å². The maximum atomic E-state index is 13.5. The molecule has 0 amide bonds. The fourth-order valence-corrected chi connectivity index (χ4v) is 7.79. The molecule has 0 aliphatic carbocycles. The number of quaternary nitrogens is 1. The van der Waals surface area contributed by atoms with E-state index >= 15 is 0 Å². The standard InChI is InChI=1S/C45H88N2O8P/c1-6-8-10-12-14-16-18-20-22-24-26-28-30-35-44(48)51-41-43(42-54-56(50,53-40-34-37-46)52-39-33-32-38-47(3,4)5)55-45(49)36-31-29-27-25-23-21-19-17-15-13-11-9-7-2/h43H,6-36,38-42H2,1-5H3/q+1. The van der Waals surface area contributed by atoms with Crippen LogP contribution in [0.15, 0.2) is 0 Å². The number of nitriles is 1. The highest BCUT2D eigenvalue weighted by molar-refractivity contribution is 7.48. The van der Waals surface area contributed by atoms with Crippen molar-refractivity contribution in [1.82, 2.24) is 0 Å². The molecule has 0 fully saturated rings. The van der Waals surface area contributed by atoms with E-state index in [1.54, 1.807) is 0 Å². The van der Waals surface area contributed by atoms with E-state index < -0.39 is 19.9 Å². The van der Waals surface area contributed by atoms with E-state index in [4.69, 9.17) is 28.3 Å². The molecule has 0 aromatic rings. The monoisotopic (exact) mass is 816 g/mol. The average Bonchev–Trinajstić information content (AvgIpc) is 3.16. The second-order valence-electron chi connectivity index (χ2n) is 16.8. The lowest BCUT2D eigenvalue weighted by atomic mass is 10.0. The zero-order valence-corrected chi connectivity index (χ0v) is 38.0. The molecule has 330 valence electrons. The van der Waals surface area contributed by atoms with Crippen molar-refractivity contribution in [1.29, 1.82) is 5.26 Å². The van der Waals surface area contributed by atoms with Gasteiger partial charge in [-0.05, 0) is 25.7 Å². The number of phosphoric ester groups is 1. The highest BCUT2D eigenvalue weighted by atomic mass is 31.2. The summed E-state index contributed by atoms with van der Waals surface area (Å²) < 4.78 is 42.2. The van der Waals surface area contributed by atoms with Crippen molar-refractivity contribution in [2.24, 2.45) is 0 Å². The molecular weight excluding hydrogens is 727 g/mol. The van der Waals surface area contributed by atoms with E-state index in [9.17, 15) is 14.2 Å². The summed E-state index contributed by atoms with van der Waals surface area (Å²) >= 11 is 0. The molecule has 0 heterocycles. The topological polar surface area (TPSA) is 121 Å². The number of unbranched alkanes of at least 4 members (excludes halogenated alkanes) is 25. The number of phosphoric acid groups is 1. The molecular formula is C45H88N2O8P+. The van der Waals surface area contributed by atoms with Gasteiger partial charge in [0.2, 0.25) is 0 Å². The predicted octanol–water partition coefficient (Wildman–Crippen LogP) is 13.0. The first-order valence-corrected chi connectivity index (χ1v) is 24.6. The highest BCUT2D eigenvalue weighted by Crippen LogP contribution is 2.50. The van der Waals surface area contributed by atoms with Crippen molar-refractivity contribution < 1.29 is 41.7 Å². The van der Waals surface area contributed by atoms with Gasteiger partial charge in [0, 0.05) is 12.8 Å². The number of nitrogens with zero attached hydrogens (tertiary/aromatic N) is 2. The Morgan fingerprint density at radius 1 is 0.536 bits per heavy atom. The van der Waals surface area contributed by atoms with Gasteiger partial charge in [0.1, 0.15) is 6.61 Å². The first kappa shape index (κ1) is 54.5. The van der Waals surface area contributed by atoms with Crippen LogP contribution < -0.4 is 0 Å². The minimum absolute atomic E-state index is 0.0204. The SMILES string of the molecule is CCCCCCCCCCCCCCCC(=O)OCC(COP(=O)(OCCC#N)OCCCC[N+](C)(C)C)OC(=O)CCCCCCCCCCCCCCC. The summed E-state index contributed by atoms with van der Waals surface area (Å²) in [6, 6.07) is 1.97. The fourth-order valence-electron chi connectivity index (χ4n) is 6.55. The van der Waals surface area contributed by atoms with Gasteiger partial charge >= 0.3 is 19.8 Å². The fraction of sp³-hybridized carbons (Fsp3) is 0.933. The Kier molecular flexibility index (Phi) is 37.9. The van der Waals surface area contributed by atoms with Gasteiger partial charge in [-0.1, -0.05) is 168 Å². The van der Waals surface area contributed by atoms with E-state index in [0.717, 1.165) is 56.0 Å². The summed E-state index contributed by atoms with van der Waals surface area (Å²) in [6.45, 7) is 4.93. The summed E-state index contributed by atoms with van der Waals surface area (Å²) in [5, 5.41) is 8.98. The maximum absolute atomic E-state index is 13.5. The van der Waals surface area contributed by atoms with E-state index in [1.165, 1.54) is 128 Å². The number of rotatable bonds is 43. The summed E-state index contributed by atoms with van der Waals surface area (Å²) in [6.07, 6.45) is 32.8.